The molecule has 116 valence electrons. The van der Waals surface area contributed by atoms with E-state index in [-0.39, 0.29) is 17.2 Å². The Morgan fingerprint density at radius 2 is 2.10 bits per heavy atom. The molecule has 2 rings (SSSR count). The number of hydrogen-bond acceptors (Lipinski definition) is 3. The van der Waals surface area contributed by atoms with Crippen LogP contribution < -0.4 is 11.1 Å². The highest BCUT2D eigenvalue weighted by molar-refractivity contribution is 5.94. The molecule has 5 heteroatoms. The van der Waals surface area contributed by atoms with Crippen LogP contribution in [0.1, 0.15) is 48.9 Å². The van der Waals surface area contributed by atoms with Gasteiger partial charge in [-0.05, 0) is 37.5 Å². The van der Waals surface area contributed by atoms with Gasteiger partial charge in [0.15, 0.2) is 0 Å². The van der Waals surface area contributed by atoms with Gasteiger partial charge in [-0.2, -0.15) is 0 Å². The van der Waals surface area contributed by atoms with Crippen molar-refractivity contribution in [2.75, 3.05) is 18.9 Å². The van der Waals surface area contributed by atoms with Gasteiger partial charge in [0.2, 0.25) is 0 Å². The first-order valence-corrected chi connectivity index (χ1v) is 7.61. The number of benzene rings is 1. The van der Waals surface area contributed by atoms with Crippen molar-refractivity contribution in [1.82, 2.24) is 5.32 Å². The lowest BCUT2D eigenvalue weighted by molar-refractivity contribution is 0.0273. The van der Waals surface area contributed by atoms with Crippen LogP contribution in [0.15, 0.2) is 18.2 Å². The number of nitrogens with two attached hydrogens (primary N) is 1. The number of carbonyl (C=O) groups is 1. The molecule has 0 bridgehead atoms. The van der Waals surface area contributed by atoms with Crippen LogP contribution in [0.2, 0.25) is 0 Å². The minimum absolute atomic E-state index is 0.0485. The molecule has 0 heterocycles. The molecule has 0 saturated heterocycles. The molecule has 1 aliphatic carbocycles. The van der Waals surface area contributed by atoms with Gasteiger partial charge in [0.05, 0.1) is 11.8 Å². The van der Waals surface area contributed by atoms with E-state index in [1.807, 2.05) is 0 Å². The van der Waals surface area contributed by atoms with E-state index in [0.29, 0.717) is 19.3 Å². The van der Waals surface area contributed by atoms with E-state index in [1.165, 1.54) is 31.4 Å². The number of nitrogen functional groups attached to an aromatic ring is 1. The van der Waals surface area contributed by atoms with Crippen molar-refractivity contribution in [2.45, 2.75) is 44.6 Å². The van der Waals surface area contributed by atoms with E-state index >= 15 is 0 Å². The summed E-state index contributed by atoms with van der Waals surface area (Å²) in [4.78, 5) is 11.8. The Morgan fingerprint density at radius 1 is 1.33 bits per heavy atom. The molecule has 1 aromatic rings. The molecule has 1 aromatic carbocycles. The fraction of sp³-hybridized carbons (Fsp3) is 0.562. The van der Waals surface area contributed by atoms with Crippen LogP contribution in [-0.4, -0.2) is 25.2 Å². The highest BCUT2D eigenvalue weighted by atomic mass is 19.1. The number of carbonyl (C=O) groups excluding carboxylic acids is 1. The third-order valence-corrected chi connectivity index (χ3v) is 3.78. The molecule has 1 fully saturated rings. The van der Waals surface area contributed by atoms with Gasteiger partial charge >= 0.3 is 0 Å². The number of halogens is 1. The molecular formula is C16H23FN2O2. The Balaban J connectivity index is 1.63. The van der Waals surface area contributed by atoms with E-state index < -0.39 is 5.82 Å². The highest BCUT2D eigenvalue weighted by Crippen LogP contribution is 2.20. The fourth-order valence-electron chi connectivity index (χ4n) is 2.53. The number of rotatable bonds is 6. The zero-order chi connectivity index (χ0) is 15.1. The molecule has 1 saturated carbocycles. The van der Waals surface area contributed by atoms with Gasteiger partial charge in [-0.15, -0.1) is 0 Å². The van der Waals surface area contributed by atoms with Gasteiger partial charge in [0.25, 0.3) is 5.91 Å². The van der Waals surface area contributed by atoms with Crippen molar-refractivity contribution < 1.29 is 13.9 Å². The van der Waals surface area contributed by atoms with Crippen LogP contribution in [0.25, 0.3) is 0 Å². The number of amides is 1. The minimum atomic E-state index is -0.566. The lowest BCUT2D eigenvalue weighted by Crippen LogP contribution is -2.26. The molecule has 3 N–H and O–H groups in total. The summed E-state index contributed by atoms with van der Waals surface area (Å²) in [5.74, 6) is -0.852. The molecule has 0 radical (unpaired) electrons. The summed E-state index contributed by atoms with van der Waals surface area (Å²) in [6, 6.07) is 4.08. The van der Waals surface area contributed by atoms with Gasteiger partial charge in [-0.25, -0.2) is 4.39 Å². The molecule has 0 spiro atoms. The van der Waals surface area contributed by atoms with Gasteiger partial charge in [0, 0.05) is 18.7 Å². The fourth-order valence-corrected chi connectivity index (χ4v) is 2.53. The zero-order valence-corrected chi connectivity index (χ0v) is 12.2. The van der Waals surface area contributed by atoms with Gasteiger partial charge in [-0.3, -0.25) is 4.79 Å². The molecule has 21 heavy (non-hydrogen) atoms. The maximum Gasteiger partial charge on any atom is 0.251 e. The van der Waals surface area contributed by atoms with Crippen LogP contribution >= 0.6 is 0 Å². The van der Waals surface area contributed by atoms with E-state index in [4.69, 9.17) is 10.5 Å². The predicted molar refractivity (Wildman–Crippen MR) is 80.6 cm³/mol. The zero-order valence-electron chi connectivity index (χ0n) is 12.2. The number of hydrogen-bond donors (Lipinski definition) is 2. The van der Waals surface area contributed by atoms with Crippen LogP contribution in [0, 0.1) is 5.82 Å². The SMILES string of the molecule is Nc1ccc(C(=O)NCCCOC2CCCCC2)cc1F. The van der Waals surface area contributed by atoms with Crippen molar-refractivity contribution in [3.63, 3.8) is 0 Å². The van der Waals surface area contributed by atoms with Crippen molar-refractivity contribution >= 4 is 11.6 Å². The van der Waals surface area contributed by atoms with Gasteiger partial charge in [-0.1, -0.05) is 19.3 Å². The Kier molecular flexibility index (Phi) is 5.99. The van der Waals surface area contributed by atoms with E-state index in [0.717, 1.165) is 25.3 Å². The normalized spacial score (nSPS) is 15.9. The number of anilines is 1. The molecule has 1 aliphatic rings. The molecule has 0 aliphatic heterocycles. The monoisotopic (exact) mass is 294 g/mol. The lowest BCUT2D eigenvalue weighted by Gasteiger charge is -2.21. The van der Waals surface area contributed by atoms with E-state index in [2.05, 4.69) is 5.32 Å². The maximum absolute atomic E-state index is 13.3. The van der Waals surface area contributed by atoms with Crippen LogP contribution in [0.5, 0.6) is 0 Å². The smallest absolute Gasteiger partial charge is 0.251 e. The van der Waals surface area contributed by atoms with Crippen LogP contribution in [0.3, 0.4) is 0 Å². The molecule has 1 amide bonds. The Labute approximate surface area is 124 Å². The topological polar surface area (TPSA) is 64.4 Å². The summed E-state index contributed by atoms with van der Waals surface area (Å²) in [6.45, 7) is 1.18. The minimum Gasteiger partial charge on any atom is -0.396 e. The second-order valence-corrected chi connectivity index (χ2v) is 5.48. The van der Waals surface area contributed by atoms with Crippen LogP contribution in [0.4, 0.5) is 10.1 Å². The third kappa shape index (κ3) is 5.01. The highest BCUT2D eigenvalue weighted by Gasteiger charge is 2.13. The van der Waals surface area contributed by atoms with E-state index in [9.17, 15) is 9.18 Å². The predicted octanol–water partition coefficient (Wildman–Crippen LogP) is 2.88. The molecule has 0 aromatic heterocycles. The number of ether oxygens (including phenoxy) is 1. The second-order valence-electron chi connectivity index (χ2n) is 5.48. The van der Waals surface area contributed by atoms with Crippen molar-refractivity contribution in [3.8, 4) is 0 Å². The first-order chi connectivity index (χ1) is 10.2. The molecule has 0 unspecified atom stereocenters. The summed E-state index contributed by atoms with van der Waals surface area (Å²) in [7, 11) is 0. The summed E-state index contributed by atoms with van der Waals surface area (Å²) < 4.78 is 19.0. The first kappa shape index (κ1) is 15.8. The Morgan fingerprint density at radius 3 is 2.81 bits per heavy atom. The van der Waals surface area contributed by atoms with Gasteiger partial charge < -0.3 is 15.8 Å². The lowest BCUT2D eigenvalue weighted by atomic mass is 9.98. The summed E-state index contributed by atoms with van der Waals surface area (Å²) in [5, 5.41) is 2.76. The van der Waals surface area contributed by atoms with Crippen LogP contribution in [-0.2, 0) is 4.74 Å². The molecule has 4 nitrogen and oxygen atoms in total. The van der Waals surface area contributed by atoms with E-state index in [1.54, 1.807) is 0 Å². The van der Waals surface area contributed by atoms with Crippen molar-refractivity contribution in [2.24, 2.45) is 0 Å². The maximum atomic E-state index is 13.3. The standard InChI is InChI=1S/C16H23FN2O2/c17-14-11-12(7-8-15(14)18)16(20)19-9-4-10-21-13-5-2-1-3-6-13/h7-8,11,13H,1-6,9-10,18H2,(H,19,20). The molecule has 0 atom stereocenters. The van der Waals surface area contributed by atoms with Crippen molar-refractivity contribution in [1.29, 1.82) is 0 Å². The quantitative estimate of drug-likeness (QED) is 0.626. The average molecular weight is 294 g/mol. The number of nitrogens with one attached hydrogen (secondary N) is 1. The summed E-state index contributed by atoms with van der Waals surface area (Å²) in [6.07, 6.45) is 7.27. The largest absolute Gasteiger partial charge is 0.396 e. The third-order valence-electron chi connectivity index (χ3n) is 3.78. The average Bonchev–Trinajstić information content (AvgIpc) is 2.50. The molecular weight excluding hydrogens is 271 g/mol. The second kappa shape index (κ2) is 7.98. The van der Waals surface area contributed by atoms with Gasteiger partial charge in [0.1, 0.15) is 5.82 Å². The van der Waals surface area contributed by atoms with Crippen molar-refractivity contribution in [3.05, 3.63) is 29.6 Å². The Hall–Kier alpha value is -1.62. The first-order valence-electron chi connectivity index (χ1n) is 7.61. The summed E-state index contributed by atoms with van der Waals surface area (Å²) >= 11 is 0. The Bertz CT molecular complexity index is 473. The summed E-state index contributed by atoms with van der Waals surface area (Å²) in [5.41, 5.74) is 5.71.